The number of nitrogens with one attached hydrogen (secondary N) is 1. The van der Waals surface area contributed by atoms with E-state index in [4.69, 9.17) is 0 Å². The van der Waals surface area contributed by atoms with Crippen molar-refractivity contribution in [3.63, 3.8) is 0 Å². The summed E-state index contributed by atoms with van der Waals surface area (Å²) >= 11 is 0. The minimum atomic E-state index is -1.34. The van der Waals surface area contributed by atoms with E-state index in [-0.39, 0.29) is 23.4 Å². The van der Waals surface area contributed by atoms with Gasteiger partial charge >= 0.3 is 6.09 Å². The molecule has 0 aliphatic carbocycles. The summed E-state index contributed by atoms with van der Waals surface area (Å²) in [7, 11) is 0. The van der Waals surface area contributed by atoms with E-state index in [0.29, 0.717) is 5.56 Å². The van der Waals surface area contributed by atoms with Crippen molar-refractivity contribution in [1.29, 1.82) is 0 Å². The predicted molar refractivity (Wildman–Crippen MR) is 121 cm³/mol. The molecule has 0 aromatic heterocycles. The van der Waals surface area contributed by atoms with Crippen molar-refractivity contribution in [3.05, 3.63) is 105 Å². The molecule has 174 valence electrons. The molecule has 0 aliphatic heterocycles. The summed E-state index contributed by atoms with van der Waals surface area (Å²) in [6.45, 7) is 1.31. The maximum absolute atomic E-state index is 14.2. The number of carboxylic acid groups (broad SMARTS) is 1. The fourth-order valence-electron chi connectivity index (χ4n) is 3.26. The second kappa shape index (κ2) is 10.3. The molecule has 34 heavy (non-hydrogen) atoms. The van der Waals surface area contributed by atoms with Crippen LogP contribution in [0, 0.1) is 15.9 Å². The summed E-state index contributed by atoms with van der Waals surface area (Å²) in [6, 6.07) is 15.8. The van der Waals surface area contributed by atoms with Crippen LogP contribution in [0.2, 0.25) is 0 Å². The van der Waals surface area contributed by atoms with Crippen molar-refractivity contribution < 1.29 is 28.8 Å². The van der Waals surface area contributed by atoms with Gasteiger partial charge in [0.1, 0.15) is 11.9 Å². The molecule has 0 radical (unpaired) electrons. The van der Waals surface area contributed by atoms with Crippen LogP contribution in [0.15, 0.2) is 72.8 Å². The lowest BCUT2D eigenvalue weighted by molar-refractivity contribution is -0.384. The van der Waals surface area contributed by atoms with Crippen LogP contribution in [0.25, 0.3) is 0 Å². The highest BCUT2D eigenvalue weighted by molar-refractivity contribution is 6.14. The molecule has 0 heterocycles. The van der Waals surface area contributed by atoms with Crippen molar-refractivity contribution in [2.24, 2.45) is 0 Å². The molecule has 0 saturated carbocycles. The molecule has 10 heteroatoms. The molecule has 0 fully saturated rings. The van der Waals surface area contributed by atoms with Crippen molar-refractivity contribution in [3.8, 4) is 0 Å². The maximum atomic E-state index is 14.2. The smallest absolute Gasteiger partial charge is 0.408 e. The highest BCUT2D eigenvalue weighted by Crippen LogP contribution is 2.26. The average Bonchev–Trinajstić information content (AvgIpc) is 2.82. The van der Waals surface area contributed by atoms with Crippen molar-refractivity contribution in [2.45, 2.75) is 19.5 Å². The lowest BCUT2D eigenvalue weighted by Gasteiger charge is -2.26. The monoisotopic (exact) mass is 465 g/mol. The zero-order valence-electron chi connectivity index (χ0n) is 18.0. The Kier molecular flexibility index (Phi) is 7.32. The summed E-state index contributed by atoms with van der Waals surface area (Å²) in [5.74, 6) is -2.47. The fraction of sp³-hybridized carbons (Fsp3) is 0.125. The van der Waals surface area contributed by atoms with Crippen LogP contribution in [0.1, 0.15) is 28.4 Å². The van der Waals surface area contributed by atoms with Gasteiger partial charge in [-0.15, -0.1) is 0 Å². The van der Waals surface area contributed by atoms with Gasteiger partial charge in [-0.25, -0.2) is 9.18 Å². The van der Waals surface area contributed by atoms with E-state index in [0.717, 1.165) is 29.2 Å². The third kappa shape index (κ3) is 5.41. The number of anilines is 1. The molecule has 0 unspecified atom stereocenters. The molecule has 0 aliphatic rings. The van der Waals surface area contributed by atoms with Crippen LogP contribution in [0.4, 0.5) is 20.6 Å². The summed E-state index contributed by atoms with van der Waals surface area (Å²) in [4.78, 5) is 49.1. The second-order valence-electron chi connectivity index (χ2n) is 7.36. The van der Waals surface area contributed by atoms with Gasteiger partial charge in [-0.3, -0.25) is 24.6 Å². The van der Waals surface area contributed by atoms with Gasteiger partial charge in [0.2, 0.25) is 5.91 Å². The summed E-state index contributed by atoms with van der Waals surface area (Å²) in [5.41, 5.74) is -0.509. The van der Waals surface area contributed by atoms with Gasteiger partial charge in [0.25, 0.3) is 5.69 Å². The number of hydrogen-bond donors (Lipinski definition) is 2. The van der Waals surface area contributed by atoms with E-state index in [1.807, 2.05) is 0 Å². The first-order valence-corrected chi connectivity index (χ1v) is 10.1. The van der Waals surface area contributed by atoms with Gasteiger partial charge in [0, 0.05) is 18.7 Å². The van der Waals surface area contributed by atoms with E-state index in [2.05, 4.69) is 5.32 Å². The van der Waals surface area contributed by atoms with Crippen LogP contribution < -0.4 is 5.32 Å². The van der Waals surface area contributed by atoms with Crippen molar-refractivity contribution in [2.75, 3.05) is 5.32 Å². The summed E-state index contributed by atoms with van der Waals surface area (Å²) in [6.07, 6.45) is -1.34. The molecule has 2 amide bonds. The lowest BCUT2D eigenvalue weighted by atomic mass is 10.00. The largest absolute Gasteiger partial charge is 0.465 e. The Morgan fingerprint density at radius 1 is 1.03 bits per heavy atom. The number of hydrogen-bond acceptors (Lipinski definition) is 5. The molecule has 0 bridgehead atoms. The van der Waals surface area contributed by atoms with Crippen molar-refractivity contribution in [1.82, 2.24) is 4.90 Å². The Morgan fingerprint density at radius 2 is 1.68 bits per heavy atom. The van der Waals surface area contributed by atoms with Crippen LogP contribution >= 0.6 is 0 Å². The van der Waals surface area contributed by atoms with Crippen LogP contribution in [0.3, 0.4) is 0 Å². The van der Waals surface area contributed by atoms with E-state index in [9.17, 15) is 34.0 Å². The van der Waals surface area contributed by atoms with Gasteiger partial charge in [-0.2, -0.15) is 0 Å². The van der Waals surface area contributed by atoms with Gasteiger partial charge in [-0.05, 0) is 30.7 Å². The molecule has 9 nitrogen and oxygen atoms in total. The molecular formula is C24H20FN3O6. The molecule has 3 aromatic carbocycles. The Morgan fingerprint density at radius 3 is 2.29 bits per heavy atom. The van der Waals surface area contributed by atoms with Crippen LogP contribution in [0.5, 0.6) is 0 Å². The molecule has 0 saturated heterocycles. The highest BCUT2D eigenvalue weighted by Gasteiger charge is 2.28. The Labute approximate surface area is 193 Å². The molecule has 2 N–H and O–H groups in total. The number of rotatable bonds is 8. The molecule has 0 spiro atoms. The zero-order chi connectivity index (χ0) is 24.8. The standard InChI is InChI=1S/C24H20FN3O6/c1-15(27(24(31)32)14-16-7-3-2-4-8-16)23(30)26-21-12-11-17(28(33)34)13-19(21)22(29)18-9-5-6-10-20(18)25/h2-13,15H,14H2,1H3,(H,26,30)(H,31,32)/t15-/m1/s1. The number of halogens is 1. The minimum Gasteiger partial charge on any atom is -0.465 e. The lowest BCUT2D eigenvalue weighted by Crippen LogP contribution is -2.44. The van der Waals surface area contributed by atoms with E-state index >= 15 is 0 Å². The van der Waals surface area contributed by atoms with Gasteiger partial charge in [-0.1, -0.05) is 42.5 Å². The number of nitrogens with zero attached hydrogens (tertiary/aromatic N) is 2. The fourth-order valence-corrected chi connectivity index (χ4v) is 3.26. The number of non-ortho nitro benzene ring substituents is 1. The number of nitro benzene ring substituents is 1. The molecule has 1 atom stereocenters. The zero-order valence-corrected chi connectivity index (χ0v) is 18.0. The van der Waals surface area contributed by atoms with Crippen molar-refractivity contribution >= 4 is 29.2 Å². The highest BCUT2D eigenvalue weighted by atomic mass is 19.1. The maximum Gasteiger partial charge on any atom is 0.408 e. The van der Waals surface area contributed by atoms with Crippen LogP contribution in [-0.2, 0) is 11.3 Å². The molecular weight excluding hydrogens is 445 g/mol. The first-order chi connectivity index (χ1) is 16.2. The number of carbonyl (C=O) groups is 3. The normalized spacial score (nSPS) is 11.4. The van der Waals surface area contributed by atoms with Gasteiger partial charge < -0.3 is 10.4 Å². The van der Waals surface area contributed by atoms with E-state index < -0.39 is 40.3 Å². The molecule has 3 rings (SSSR count). The quantitative estimate of drug-likeness (QED) is 0.287. The Hall–Kier alpha value is -4.60. The average molecular weight is 465 g/mol. The van der Waals surface area contributed by atoms with Gasteiger partial charge in [0.15, 0.2) is 5.78 Å². The first kappa shape index (κ1) is 24.1. The Balaban J connectivity index is 1.92. The van der Waals surface area contributed by atoms with E-state index in [1.165, 1.54) is 25.1 Å². The third-order valence-electron chi connectivity index (χ3n) is 5.12. The SMILES string of the molecule is C[C@H](C(=O)Nc1ccc([N+](=O)[O-])cc1C(=O)c1ccccc1F)N(Cc1ccccc1)C(=O)O. The topological polar surface area (TPSA) is 130 Å². The number of carbonyl (C=O) groups excluding carboxylic acids is 2. The number of nitro groups is 1. The summed E-state index contributed by atoms with van der Waals surface area (Å²) < 4.78 is 14.2. The molecule has 3 aromatic rings. The minimum absolute atomic E-state index is 0.0635. The number of amides is 2. The Bertz CT molecular complexity index is 1250. The summed E-state index contributed by atoms with van der Waals surface area (Å²) in [5, 5.41) is 23.3. The number of ketones is 1. The van der Waals surface area contributed by atoms with Crippen LogP contribution in [-0.4, -0.2) is 38.8 Å². The predicted octanol–water partition coefficient (Wildman–Crippen LogP) is 4.47. The second-order valence-corrected chi connectivity index (χ2v) is 7.36. The first-order valence-electron chi connectivity index (χ1n) is 10.1. The van der Waals surface area contributed by atoms with E-state index in [1.54, 1.807) is 30.3 Å². The third-order valence-corrected chi connectivity index (χ3v) is 5.12. The number of benzene rings is 3. The van der Waals surface area contributed by atoms with Gasteiger partial charge in [0.05, 0.1) is 21.7 Å².